The van der Waals surface area contributed by atoms with Crippen LogP contribution < -0.4 is 10.1 Å². The Morgan fingerprint density at radius 1 is 1.35 bits per heavy atom. The van der Waals surface area contributed by atoms with Gasteiger partial charge >= 0.3 is 0 Å². The molecule has 0 aliphatic carbocycles. The molecule has 1 atom stereocenters. The Morgan fingerprint density at radius 3 is 2.71 bits per heavy atom. The molecule has 0 radical (unpaired) electrons. The number of hydrogen-bond donors (Lipinski definition) is 1. The van der Waals surface area contributed by atoms with E-state index in [0.717, 1.165) is 37.5 Å². The Hall–Kier alpha value is -1.13. The molecule has 0 amide bonds. The first-order valence-corrected chi connectivity index (χ1v) is 6.00. The second-order valence-electron chi connectivity index (χ2n) is 4.35. The molecular weight excluding hydrogens is 219 g/mol. The zero-order valence-corrected chi connectivity index (χ0v) is 10.4. The summed E-state index contributed by atoms with van der Waals surface area (Å²) in [6.45, 7) is 6.05. The van der Waals surface area contributed by atoms with Crippen molar-refractivity contribution in [2.75, 3.05) is 33.3 Å². The van der Waals surface area contributed by atoms with Crippen molar-refractivity contribution in [1.29, 1.82) is 0 Å². The highest BCUT2D eigenvalue weighted by atomic mass is 19.1. The van der Waals surface area contributed by atoms with Crippen molar-refractivity contribution in [2.24, 2.45) is 0 Å². The predicted octanol–water partition coefficient (Wildman–Crippen LogP) is 1.80. The maximum Gasteiger partial charge on any atom is 0.123 e. The van der Waals surface area contributed by atoms with E-state index < -0.39 is 0 Å². The zero-order valence-electron chi connectivity index (χ0n) is 10.4. The van der Waals surface area contributed by atoms with Crippen LogP contribution in [0.25, 0.3) is 0 Å². The third kappa shape index (κ3) is 2.76. The number of piperazine rings is 1. The molecule has 4 heteroatoms. The summed E-state index contributed by atoms with van der Waals surface area (Å²) in [5.41, 5.74) is 0.925. The van der Waals surface area contributed by atoms with Gasteiger partial charge in [-0.25, -0.2) is 4.39 Å². The van der Waals surface area contributed by atoms with E-state index in [4.69, 9.17) is 4.74 Å². The zero-order chi connectivity index (χ0) is 12.3. The number of benzene rings is 1. The van der Waals surface area contributed by atoms with Gasteiger partial charge in [0.15, 0.2) is 0 Å². The minimum absolute atomic E-state index is 0.183. The number of methoxy groups -OCH3 is 1. The third-order valence-electron chi connectivity index (χ3n) is 3.34. The van der Waals surface area contributed by atoms with Gasteiger partial charge in [0.25, 0.3) is 0 Å². The minimum atomic E-state index is -0.206. The summed E-state index contributed by atoms with van der Waals surface area (Å²) in [7, 11) is 1.63. The average Bonchev–Trinajstić information content (AvgIpc) is 2.39. The molecule has 1 aliphatic rings. The van der Waals surface area contributed by atoms with Crippen molar-refractivity contribution in [2.45, 2.75) is 13.0 Å². The van der Waals surface area contributed by atoms with Gasteiger partial charge in [0.2, 0.25) is 0 Å². The molecule has 0 bridgehead atoms. The molecule has 1 heterocycles. The van der Waals surface area contributed by atoms with E-state index in [1.807, 2.05) is 0 Å². The summed E-state index contributed by atoms with van der Waals surface area (Å²) in [5, 5.41) is 3.31. The Bertz CT molecular complexity index is 378. The molecule has 1 fully saturated rings. The van der Waals surface area contributed by atoms with Crippen molar-refractivity contribution in [3.8, 4) is 5.75 Å². The molecule has 1 saturated heterocycles. The van der Waals surface area contributed by atoms with E-state index in [9.17, 15) is 4.39 Å². The van der Waals surface area contributed by atoms with Crippen LogP contribution in [0.3, 0.4) is 0 Å². The highest BCUT2D eigenvalue weighted by molar-refractivity contribution is 5.36. The van der Waals surface area contributed by atoms with Crippen LogP contribution >= 0.6 is 0 Å². The van der Waals surface area contributed by atoms with Crippen LogP contribution in [0, 0.1) is 5.82 Å². The number of ether oxygens (including phenoxy) is 1. The second kappa shape index (κ2) is 5.47. The lowest BCUT2D eigenvalue weighted by Crippen LogP contribution is -2.44. The molecule has 0 spiro atoms. The fourth-order valence-corrected chi connectivity index (χ4v) is 2.30. The molecule has 1 aliphatic heterocycles. The van der Waals surface area contributed by atoms with E-state index in [0.29, 0.717) is 0 Å². The van der Waals surface area contributed by atoms with E-state index in [1.54, 1.807) is 19.2 Å². The molecule has 0 saturated carbocycles. The molecule has 1 aromatic carbocycles. The van der Waals surface area contributed by atoms with Crippen molar-refractivity contribution < 1.29 is 9.13 Å². The molecule has 1 N–H and O–H groups in total. The standard InChI is InChI=1S/C13H19FN2O/c1-10(16-7-5-15-6-8-16)12-9-11(14)3-4-13(12)17-2/h3-4,9-10,15H,5-8H2,1-2H3/t10-/m1/s1. The van der Waals surface area contributed by atoms with Gasteiger partial charge in [-0.15, -0.1) is 0 Å². The first-order chi connectivity index (χ1) is 8.22. The van der Waals surface area contributed by atoms with Crippen LogP contribution in [-0.2, 0) is 0 Å². The van der Waals surface area contributed by atoms with Gasteiger partial charge in [0.1, 0.15) is 11.6 Å². The largest absolute Gasteiger partial charge is 0.496 e. The lowest BCUT2D eigenvalue weighted by molar-refractivity contribution is 0.182. The van der Waals surface area contributed by atoms with Crippen LogP contribution in [0.1, 0.15) is 18.5 Å². The maximum absolute atomic E-state index is 13.3. The van der Waals surface area contributed by atoms with E-state index >= 15 is 0 Å². The number of rotatable bonds is 3. The van der Waals surface area contributed by atoms with Crippen LogP contribution in [0.4, 0.5) is 4.39 Å². The number of halogens is 1. The SMILES string of the molecule is COc1ccc(F)cc1[C@@H](C)N1CCNCC1. The Kier molecular flexibility index (Phi) is 3.97. The number of hydrogen-bond acceptors (Lipinski definition) is 3. The highest BCUT2D eigenvalue weighted by Gasteiger charge is 2.21. The van der Waals surface area contributed by atoms with Crippen molar-refractivity contribution in [1.82, 2.24) is 10.2 Å². The summed E-state index contributed by atoms with van der Waals surface area (Å²) >= 11 is 0. The highest BCUT2D eigenvalue weighted by Crippen LogP contribution is 2.29. The molecule has 1 aromatic rings. The summed E-state index contributed by atoms with van der Waals surface area (Å²) in [6.07, 6.45) is 0. The summed E-state index contributed by atoms with van der Waals surface area (Å²) in [4.78, 5) is 2.34. The third-order valence-corrected chi connectivity index (χ3v) is 3.34. The van der Waals surface area contributed by atoms with Gasteiger partial charge in [-0.3, -0.25) is 4.90 Å². The fraction of sp³-hybridized carbons (Fsp3) is 0.538. The Labute approximate surface area is 102 Å². The van der Waals surface area contributed by atoms with E-state index in [1.165, 1.54) is 6.07 Å². The lowest BCUT2D eigenvalue weighted by Gasteiger charge is -2.33. The van der Waals surface area contributed by atoms with Crippen molar-refractivity contribution in [3.63, 3.8) is 0 Å². The van der Waals surface area contributed by atoms with E-state index in [-0.39, 0.29) is 11.9 Å². The summed E-state index contributed by atoms with van der Waals surface area (Å²) in [6, 6.07) is 4.89. The summed E-state index contributed by atoms with van der Waals surface area (Å²) in [5.74, 6) is 0.556. The molecule has 2 rings (SSSR count). The number of nitrogens with one attached hydrogen (secondary N) is 1. The van der Waals surface area contributed by atoms with Gasteiger partial charge in [0.05, 0.1) is 7.11 Å². The second-order valence-corrected chi connectivity index (χ2v) is 4.35. The minimum Gasteiger partial charge on any atom is -0.496 e. The monoisotopic (exact) mass is 238 g/mol. The number of nitrogens with zero attached hydrogens (tertiary/aromatic N) is 1. The Morgan fingerprint density at radius 2 is 2.06 bits per heavy atom. The van der Waals surface area contributed by atoms with Crippen LogP contribution in [0.5, 0.6) is 5.75 Å². The molecule has 0 unspecified atom stereocenters. The van der Waals surface area contributed by atoms with Crippen molar-refractivity contribution >= 4 is 0 Å². The molecule has 94 valence electrons. The normalized spacial score (nSPS) is 19.0. The van der Waals surface area contributed by atoms with Gasteiger partial charge in [-0.2, -0.15) is 0 Å². The van der Waals surface area contributed by atoms with Gasteiger partial charge < -0.3 is 10.1 Å². The topological polar surface area (TPSA) is 24.5 Å². The lowest BCUT2D eigenvalue weighted by atomic mass is 10.0. The summed E-state index contributed by atoms with van der Waals surface area (Å²) < 4.78 is 18.6. The average molecular weight is 238 g/mol. The molecule has 3 nitrogen and oxygen atoms in total. The van der Waals surface area contributed by atoms with E-state index in [2.05, 4.69) is 17.1 Å². The van der Waals surface area contributed by atoms with Gasteiger partial charge in [-0.05, 0) is 25.1 Å². The first-order valence-electron chi connectivity index (χ1n) is 6.00. The van der Waals surface area contributed by atoms with Crippen molar-refractivity contribution in [3.05, 3.63) is 29.6 Å². The predicted molar refractivity (Wildman–Crippen MR) is 65.8 cm³/mol. The quantitative estimate of drug-likeness (QED) is 0.869. The molecule has 0 aromatic heterocycles. The molecular formula is C13H19FN2O. The Balaban J connectivity index is 2.21. The van der Waals surface area contributed by atoms with Gasteiger partial charge in [-0.1, -0.05) is 0 Å². The van der Waals surface area contributed by atoms with Gasteiger partial charge in [0, 0.05) is 37.8 Å². The fourth-order valence-electron chi connectivity index (χ4n) is 2.30. The smallest absolute Gasteiger partial charge is 0.123 e. The maximum atomic E-state index is 13.3. The van der Waals surface area contributed by atoms with Crippen LogP contribution in [0.15, 0.2) is 18.2 Å². The molecule has 17 heavy (non-hydrogen) atoms. The first kappa shape index (κ1) is 12.3. The van der Waals surface area contributed by atoms with Crippen LogP contribution in [0.2, 0.25) is 0 Å². The van der Waals surface area contributed by atoms with Crippen LogP contribution in [-0.4, -0.2) is 38.2 Å².